The zero-order chi connectivity index (χ0) is 30.6. The van der Waals surface area contributed by atoms with Crippen molar-refractivity contribution in [3.8, 4) is 16.2 Å². The molecule has 6 nitrogen and oxygen atoms in total. The standard InChI is InChI=1S/C29H21F6N3O3S/c1-14-23(15(2)41-38-14)25-24(27(30,31)29(34,35)28(25,32)33)20-12-22(42-16(20)3)18-9-10-21(39)19(11-18)13-36-37-26(40)17-7-5-4-6-8-17/h4-13,39H,1-3H3,(H,37,40)/b36-13+. The lowest BCUT2D eigenvalue weighted by Crippen LogP contribution is -2.49. The highest BCUT2D eigenvalue weighted by Crippen LogP contribution is 2.65. The van der Waals surface area contributed by atoms with Crippen LogP contribution in [0.5, 0.6) is 5.75 Å². The number of rotatable bonds is 6. The zero-order valence-corrected chi connectivity index (χ0v) is 22.9. The molecule has 0 spiro atoms. The summed E-state index contributed by atoms with van der Waals surface area (Å²) in [5, 5.41) is 17.6. The maximum Gasteiger partial charge on any atom is 0.380 e. The molecular formula is C29H21F6N3O3S. The number of thiophene rings is 1. The second kappa shape index (κ2) is 10.2. The van der Waals surface area contributed by atoms with E-state index in [1.54, 1.807) is 30.3 Å². The summed E-state index contributed by atoms with van der Waals surface area (Å²) in [4.78, 5) is 12.6. The van der Waals surface area contributed by atoms with Crippen molar-refractivity contribution in [3.63, 3.8) is 0 Å². The van der Waals surface area contributed by atoms with Crippen LogP contribution in [0.3, 0.4) is 0 Å². The Labute approximate surface area is 239 Å². The summed E-state index contributed by atoms with van der Waals surface area (Å²) in [6, 6.07) is 13.5. The normalized spacial score (nSPS) is 17.3. The number of hydrogen-bond donors (Lipinski definition) is 2. The maximum absolute atomic E-state index is 15.3. The number of aryl methyl sites for hydroxylation is 3. The van der Waals surface area contributed by atoms with E-state index in [9.17, 15) is 18.7 Å². The van der Waals surface area contributed by atoms with Crippen LogP contribution in [0.2, 0.25) is 0 Å². The Morgan fingerprint density at radius 1 is 0.976 bits per heavy atom. The van der Waals surface area contributed by atoms with Gasteiger partial charge in [-0.25, -0.2) is 5.43 Å². The van der Waals surface area contributed by atoms with Crippen LogP contribution in [0.25, 0.3) is 21.6 Å². The molecule has 0 bridgehead atoms. The highest BCUT2D eigenvalue weighted by Gasteiger charge is 2.80. The number of aromatic hydroxyl groups is 1. The first-order valence-corrected chi connectivity index (χ1v) is 13.1. The average Bonchev–Trinajstić information content (AvgIpc) is 3.51. The molecule has 13 heteroatoms. The van der Waals surface area contributed by atoms with Gasteiger partial charge >= 0.3 is 17.8 Å². The molecule has 0 atom stereocenters. The minimum Gasteiger partial charge on any atom is -0.507 e. The fraction of sp³-hybridized carbons (Fsp3) is 0.207. The summed E-state index contributed by atoms with van der Waals surface area (Å²) in [6.07, 6.45) is 1.16. The van der Waals surface area contributed by atoms with E-state index in [4.69, 9.17) is 4.52 Å². The third-order valence-electron chi connectivity index (χ3n) is 6.85. The first-order chi connectivity index (χ1) is 19.7. The first kappa shape index (κ1) is 29.1. The molecule has 42 heavy (non-hydrogen) atoms. The van der Waals surface area contributed by atoms with E-state index in [2.05, 4.69) is 15.7 Å². The van der Waals surface area contributed by atoms with Gasteiger partial charge in [-0.2, -0.15) is 31.4 Å². The Morgan fingerprint density at radius 2 is 1.64 bits per heavy atom. The van der Waals surface area contributed by atoms with E-state index in [0.717, 1.165) is 23.6 Å². The number of carbonyl (C=O) groups is 1. The number of amides is 1. The van der Waals surface area contributed by atoms with Crippen LogP contribution in [0.15, 0.2) is 64.2 Å². The average molecular weight is 606 g/mol. The minimum absolute atomic E-state index is 0.0795. The van der Waals surface area contributed by atoms with Crippen LogP contribution in [0, 0.1) is 20.8 Å². The second-order valence-electron chi connectivity index (χ2n) is 9.59. The Kier molecular flexibility index (Phi) is 7.04. The molecule has 2 heterocycles. The van der Waals surface area contributed by atoms with Crippen molar-refractivity contribution in [1.82, 2.24) is 10.6 Å². The quantitative estimate of drug-likeness (QED) is 0.134. The van der Waals surface area contributed by atoms with E-state index in [0.29, 0.717) is 11.1 Å². The fourth-order valence-electron chi connectivity index (χ4n) is 4.75. The Bertz CT molecular complexity index is 1740. The molecule has 4 aromatic rings. The van der Waals surface area contributed by atoms with Gasteiger partial charge in [0, 0.05) is 32.0 Å². The van der Waals surface area contributed by atoms with Gasteiger partial charge in [0.05, 0.1) is 17.5 Å². The predicted octanol–water partition coefficient (Wildman–Crippen LogP) is 7.63. The van der Waals surface area contributed by atoms with E-state index in [1.165, 1.54) is 39.0 Å². The summed E-state index contributed by atoms with van der Waals surface area (Å²) in [5.41, 5.74) is -1.21. The number of hydrazone groups is 1. The van der Waals surface area contributed by atoms with Gasteiger partial charge in [0.25, 0.3) is 5.91 Å². The molecule has 1 amide bonds. The fourth-order valence-corrected chi connectivity index (χ4v) is 5.77. The van der Waals surface area contributed by atoms with Crippen molar-refractivity contribution in [3.05, 3.63) is 93.2 Å². The number of nitrogens with one attached hydrogen (secondary N) is 1. The smallest absolute Gasteiger partial charge is 0.380 e. The number of aromatic nitrogens is 1. The third kappa shape index (κ3) is 4.48. The number of phenols is 1. The van der Waals surface area contributed by atoms with Crippen LogP contribution < -0.4 is 5.43 Å². The molecule has 218 valence electrons. The molecule has 0 saturated carbocycles. The van der Waals surface area contributed by atoms with E-state index < -0.39 is 45.9 Å². The molecule has 5 rings (SSSR count). The van der Waals surface area contributed by atoms with Crippen LogP contribution in [0.4, 0.5) is 26.3 Å². The molecule has 0 unspecified atom stereocenters. The molecule has 0 aliphatic heterocycles. The molecule has 0 fully saturated rings. The summed E-state index contributed by atoms with van der Waals surface area (Å²) >= 11 is 0.911. The van der Waals surface area contributed by atoms with Crippen LogP contribution in [0.1, 0.15) is 43.4 Å². The number of benzene rings is 2. The van der Waals surface area contributed by atoms with E-state index in [-0.39, 0.29) is 32.5 Å². The lowest BCUT2D eigenvalue weighted by Gasteiger charge is -2.25. The number of allylic oxidation sites excluding steroid dienone is 2. The van der Waals surface area contributed by atoms with Gasteiger partial charge in [-0.15, -0.1) is 11.3 Å². The molecule has 2 aromatic heterocycles. The minimum atomic E-state index is -5.72. The third-order valence-corrected chi connectivity index (χ3v) is 7.95. The van der Waals surface area contributed by atoms with Gasteiger partial charge in [-0.1, -0.05) is 23.4 Å². The van der Waals surface area contributed by atoms with E-state index in [1.807, 2.05) is 0 Å². The number of phenolic OH excluding ortho intramolecular Hbond substituents is 1. The molecule has 1 aliphatic rings. The van der Waals surface area contributed by atoms with Gasteiger partial charge in [0.1, 0.15) is 11.5 Å². The number of nitrogens with zero attached hydrogens (tertiary/aromatic N) is 2. The molecule has 0 saturated heterocycles. The summed E-state index contributed by atoms with van der Waals surface area (Å²) in [5.74, 6) is -17.2. The van der Waals surface area contributed by atoms with Gasteiger partial charge in [0.2, 0.25) is 0 Å². The lowest BCUT2D eigenvalue weighted by molar-refractivity contribution is -0.254. The van der Waals surface area contributed by atoms with E-state index >= 15 is 17.6 Å². The molecule has 2 N–H and O–H groups in total. The van der Waals surface area contributed by atoms with Gasteiger partial charge in [-0.05, 0) is 68.3 Å². The summed E-state index contributed by atoms with van der Waals surface area (Å²) in [6.45, 7) is 3.74. The second-order valence-corrected chi connectivity index (χ2v) is 10.8. The van der Waals surface area contributed by atoms with Gasteiger partial charge < -0.3 is 9.63 Å². The van der Waals surface area contributed by atoms with Crippen molar-refractivity contribution >= 4 is 34.6 Å². The molecular weight excluding hydrogens is 584 g/mol. The molecule has 0 radical (unpaired) electrons. The summed E-state index contributed by atoms with van der Waals surface area (Å²) < 4.78 is 95.2. The van der Waals surface area contributed by atoms with Gasteiger partial charge in [0.15, 0.2) is 0 Å². The number of alkyl halides is 6. The first-order valence-electron chi connectivity index (χ1n) is 12.3. The van der Waals surface area contributed by atoms with Crippen molar-refractivity contribution in [2.24, 2.45) is 5.10 Å². The predicted molar refractivity (Wildman–Crippen MR) is 145 cm³/mol. The lowest BCUT2D eigenvalue weighted by atomic mass is 9.93. The number of halogens is 6. The Balaban J connectivity index is 1.57. The SMILES string of the molecule is Cc1noc(C)c1C1=C(c2cc(-c3ccc(O)c(/C=N/NC(=O)c4ccccc4)c3)sc2C)C(F)(F)C(F)(F)C1(F)F. The monoisotopic (exact) mass is 605 g/mol. The van der Waals surface area contributed by atoms with Crippen LogP contribution in [-0.2, 0) is 0 Å². The Morgan fingerprint density at radius 3 is 2.29 bits per heavy atom. The number of carbonyl (C=O) groups excluding carboxylic acids is 1. The maximum atomic E-state index is 15.3. The topological polar surface area (TPSA) is 87.7 Å². The van der Waals surface area contributed by atoms with Gasteiger partial charge in [-0.3, -0.25) is 4.79 Å². The van der Waals surface area contributed by atoms with Crippen molar-refractivity contribution in [2.75, 3.05) is 0 Å². The molecule has 2 aromatic carbocycles. The van der Waals surface area contributed by atoms with Crippen molar-refractivity contribution < 1.29 is 40.8 Å². The number of hydrogen-bond acceptors (Lipinski definition) is 6. The Hall–Kier alpha value is -4.39. The highest BCUT2D eigenvalue weighted by molar-refractivity contribution is 7.15. The highest BCUT2D eigenvalue weighted by atomic mass is 32.1. The summed E-state index contributed by atoms with van der Waals surface area (Å²) in [7, 11) is 0. The van der Waals surface area contributed by atoms with Crippen LogP contribution >= 0.6 is 11.3 Å². The largest absolute Gasteiger partial charge is 0.507 e. The van der Waals surface area contributed by atoms with Crippen LogP contribution in [-0.4, -0.2) is 40.2 Å². The zero-order valence-electron chi connectivity index (χ0n) is 22.1. The molecule has 1 aliphatic carbocycles. The van der Waals surface area contributed by atoms with Crippen molar-refractivity contribution in [2.45, 2.75) is 38.5 Å². The van der Waals surface area contributed by atoms with Crippen molar-refractivity contribution in [1.29, 1.82) is 0 Å².